The number of ether oxygens (including phenoxy) is 1. The Morgan fingerprint density at radius 3 is 2.45 bits per heavy atom. The molecule has 0 aliphatic heterocycles. The molecule has 1 aromatic carbocycles. The number of amides is 1. The Morgan fingerprint density at radius 2 is 1.90 bits per heavy atom. The van der Waals surface area contributed by atoms with Crippen LogP contribution >= 0.6 is 0 Å². The molecule has 3 N–H and O–H groups in total. The maximum atomic E-state index is 11.5. The van der Waals surface area contributed by atoms with Crippen LogP contribution in [0.4, 0.5) is 4.79 Å². The Balaban J connectivity index is 2.40. The number of nitrogens with one attached hydrogen (secondary N) is 1. The number of hydrogen-bond donors (Lipinski definition) is 3. The Morgan fingerprint density at radius 1 is 1.25 bits per heavy atom. The second-order valence-corrected chi connectivity index (χ2v) is 4.52. The fourth-order valence-corrected chi connectivity index (χ4v) is 1.57. The van der Waals surface area contributed by atoms with E-state index in [-0.39, 0.29) is 19.4 Å². The lowest BCUT2D eigenvalue weighted by molar-refractivity contribution is -0.139. The van der Waals surface area contributed by atoms with Crippen molar-refractivity contribution >= 4 is 12.1 Å². The zero-order chi connectivity index (χ0) is 15.0. The summed E-state index contributed by atoms with van der Waals surface area (Å²) in [7, 11) is 0. The summed E-state index contributed by atoms with van der Waals surface area (Å²) in [5, 5.41) is 20.4. The van der Waals surface area contributed by atoms with Gasteiger partial charge < -0.3 is 20.3 Å². The molecule has 0 unspecified atom stereocenters. The van der Waals surface area contributed by atoms with E-state index in [9.17, 15) is 9.59 Å². The van der Waals surface area contributed by atoms with Crippen molar-refractivity contribution in [3.63, 3.8) is 0 Å². The lowest BCUT2D eigenvalue weighted by Crippen LogP contribution is -2.41. The topological polar surface area (TPSA) is 95.9 Å². The molecule has 20 heavy (non-hydrogen) atoms. The number of hydrogen-bond acceptors (Lipinski definition) is 4. The molecule has 1 amide bonds. The van der Waals surface area contributed by atoms with E-state index in [4.69, 9.17) is 14.9 Å². The lowest BCUT2D eigenvalue weighted by Gasteiger charge is -2.15. The Kier molecular flexibility index (Phi) is 6.52. The summed E-state index contributed by atoms with van der Waals surface area (Å²) in [5.41, 5.74) is 0.818. The second kappa shape index (κ2) is 8.16. The van der Waals surface area contributed by atoms with Gasteiger partial charge in [0.2, 0.25) is 0 Å². The minimum Gasteiger partial charge on any atom is -0.480 e. The second-order valence-electron chi connectivity index (χ2n) is 4.52. The number of carbonyl (C=O) groups is 2. The summed E-state index contributed by atoms with van der Waals surface area (Å²) < 4.78 is 4.94. The van der Waals surface area contributed by atoms with Gasteiger partial charge in [-0.2, -0.15) is 0 Å². The van der Waals surface area contributed by atoms with E-state index in [0.717, 1.165) is 5.56 Å². The van der Waals surface area contributed by atoms with Crippen LogP contribution in [0.2, 0.25) is 0 Å². The molecule has 1 rings (SSSR count). The Hall–Kier alpha value is -2.08. The molecule has 0 heterocycles. The summed E-state index contributed by atoms with van der Waals surface area (Å²) in [6.45, 7) is 1.64. The number of carboxylic acids is 1. The van der Waals surface area contributed by atoms with Crippen molar-refractivity contribution in [3.8, 4) is 0 Å². The summed E-state index contributed by atoms with van der Waals surface area (Å²) in [6.07, 6.45) is -0.963. The third-order valence-electron chi connectivity index (χ3n) is 2.68. The van der Waals surface area contributed by atoms with Gasteiger partial charge in [-0.25, -0.2) is 9.59 Å². The van der Waals surface area contributed by atoms with Gasteiger partial charge in [0.25, 0.3) is 0 Å². The number of rotatable bonds is 7. The Bertz CT molecular complexity index is 432. The standard InChI is InChI=1S/C14H19NO5/c1-10(16)7-8-12(13(17)18)15-14(19)20-9-11-5-3-2-4-6-11/h2-6,10,12,16H,7-9H2,1H3,(H,15,19)(H,17,18)/t10-,12-/m0/s1. The zero-order valence-electron chi connectivity index (χ0n) is 11.3. The van der Waals surface area contributed by atoms with Gasteiger partial charge in [0.05, 0.1) is 6.10 Å². The first kappa shape index (κ1) is 16.0. The quantitative estimate of drug-likeness (QED) is 0.704. The van der Waals surface area contributed by atoms with Crippen LogP contribution in [0.15, 0.2) is 30.3 Å². The van der Waals surface area contributed by atoms with Gasteiger partial charge in [0.15, 0.2) is 0 Å². The molecule has 0 aliphatic carbocycles. The smallest absolute Gasteiger partial charge is 0.408 e. The summed E-state index contributed by atoms with van der Waals surface area (Å²) >= 11 is 0. The monoisotopic (exact) mass is 281 g/mol. The van der Waals surface area contributed by atoms with E-state index in [1.165, 1.54) is 0 Å². The SMILES string of the molecule is C[C@H](O)CC[C@H](NC(=O)OCc1ccccc1)C(=O)O. The highest BCUT2D eigenvalue weighted by Crippen LogP contribution is 2.04. The highest BCUT2D eigenvalue weighted by atomic mass is 16.5. The lowest BCUT2D eigenvalue weighted by atomic mass is 10.1. The molecule has 0 saturated heterocycles. The third kappa shape index (κ3) is 6.19. The van der Waals surface area contributed by atoms with E-state index < -0.39 is 24.2 Å². The zero-order valence-corrected chi connectivity index (χ0v) is 11.3. The first-order chi connectivity index (χ1) is 9.49. The molecule has 0 bridgehead atoms. The van der Waals surface area contributed by atoms with Crippen molar-refractivity contribution in [3.05, 3.63) is 35.9 Å². The van der Waals surface area contributed by atoms with Gasteiger partial charge in [-0.05, 0) is 25.3 Å². The summed E-state index contributed by atoms with van der Waals surface area (Å²) in [5.74, 6) is -1.15. The van der Waals surface area contributed by atoms with E-state index >= 15 is 0 Å². The van der Waals surface area contributed by atoms with Crippen LogP contribution in [0.25, 0.3) is 0 Å². The van der Waals surface area contributed by atoms with Crippen LogP contribution in [0.3, 0.4) is 0 Å². The van der Waals surface area contributed by atoms with Crippen molar-refractivity contribution in [2.45, 2.75) is 38.5 Å². The molecule has 0 spiro atoms. The van der Waals surface area contributed by atoms with Crippen molar-refractivity contribution in [1.82, 2.24) is 5.32 Å². The minimum atomic E-state index is -1.15. The first-order valence-electron chi connectivity index (χ1n) is 6.37. The molecule has 110 valence electrons. The average molecular weight is 281 g/mol. The summed E-state index contributed by atoms with van der Waals surface area (Å²) in [6, 6.07) is 8.02. The fraction of sp³-hybridized carbons (Fsp3) is 0.429. The van der Waals surface area contributed by atoms with Crippen molar-refractivity contribution in [2.24, 2.45) is 0 Å². The molecule has 0 aliphatic rings. The van der Waals surface area contributed by atoms with Gasteiger partial charge >= 0.3 is 12.1 Å². The predicted octanol–water partition coefficient (Wildman–Crippen LogP) is 1.53. The molecule has 2 atom stereocenters. The molecular formula is C14H19NO5. The number of carboxylic acid groups (broad SMARTS) is 1. The van der Waals surface area contributed by atoms with Crippen LogP contribution in [0.5, 0.6) is 0 Å². The molecule has 6 heteroatoms. The van der Waals surface area contributed by atoms with E-state index in [1.54, 1.807) is 19.1 Å². The molecule has 0 fully saturated rings. The number of aliphatic hydroxyl groups is 1. The van der Waals surface area contributed by atoms with E-state index in [2.05, 4.69) is 5.32 Å². The van der Waals surface area contributed by atoms with Crippen LogP contribution in [-0.4, -0.2) is 34.4 Å². The van der Waals surface area contributed by atoms with Gasteiger partial charge in [-0.1, -0.05) is 30.3 Å². The number of aliphatic hydroxyl groups excluding tert-OH is 1. The molecule has 0 radical (unpaired) electrons. The molecular weight excluding hydrogens is 262 g/mol. The molecule has 1 aromatic rings. The van der Waals surface area contributed by atoms with Crippen LogP contribution in [0, 0.1) is 0 Å². The van der Waals surface area contributed by atoms with Crippen LogP contribution in [-0.2, 0) is 16.1 Å². The first-order valence-corrected chi connectivity index (χ1v) is 6.37. The maximum Gasteiger partial charge on any atom is 0.408 e. The fourth-order valence-electron chi connectivity index (χ4n) is 1.57. The highest BCUT2D eigenvalue weighted by Gasteiger charge is 2.20. The number of alkyl carbamates (subject to hydrolysis) is 1. The highest BCUT2D eigenvalue weighted by molar-refractivity contribution is 5.79. The van der Waals surface area contributed by atoms with Gasteiger partial charge in [0, 0.05) is 0 Å². The van der Waals surface area contributed by atoms with Crippen molar-refractivity contribution in [2.75, 3.05) is 0 Å². The molecule has 0 aromatic heterocycles. The number of aliphatic carboxylic acids is 1. The van der Waals surface area contributed by atoms with Gasteiger partial charge in [0.1, 0.15) is 12.6 Å². The number of benzene rings is 1. The average Bonchev–Trinajstić information content (AvgIpc) is 2.41. The minimum absolute atomic E-state index is 0.0788. The third-order valence-corrected chi connectivity index (χ3v) is 2.68. The molecule has 0 saturated carbocycles. The largest absolute Gasteiger partial charge is 0.480 e. The van der Waals surface area contributed by atoms with Gasteiger partial charge in [-0.3, -0.25) is 0 Å². The van der Waals surface area contributed by atoms with Crippen molar-refractivity contribution in [1.29, 1.82) is 0 Å². The van der Waals surface area contributed by atoms with Crippen LogP contribution < -0.4 is 5.32 Å². The van der Waals surface area contributed by atoms with Crippen LogP contribution in [0.1, 0.15) is 25.3 Å². The Labute approximate surface area is 117 Å². The van der Waals surface area contributed by atoms with Crippen molar-refractivity contribution < 1.29 is 24.5 Å². The number of carbonyl (C=O) groups excluding carboxylic acids is 1. The predicted molar refractivity (Wildman–Crippen MR) is 72.1 cm³/mol. The van der Waals surface area contributed by atoms with E-state index in [0.29, 0.717) is 0 Å². The van der Waals surface area contributed by atoms with Gasteiger partial charge in [-0.15, -0.1) is 0 Å². The maximum absolute atomic E-state index is 11.5. The summed E-state index contributed by atoms with van der Waals surface area (Å²) in [4.78, 5) is 22.5. The van der Waals surface area contributed by atoms with E-state index in [1.807, 2.05) is 18.2 Å². The molecule has 6 nitrogen and oxygen atoms in total. The normalized spacial score (nSPS) is 13.3.